The molecule has 0 atom stereocenters. The molecule has 6 heteroatoms. The Morgan fingerprint density at radius 1 is 1.15 bits per heavy atom. The quantitative estimate of drug-likeness (QED) is 0.707. The van der Waals surface area contributed by atoms with Crippen LogP contribution >= 0.6 is 11.6 Å². The van der Waals surface area contributed by atoms with Gasteiger partial charge in [0, 0.05) is 22.7 Å². The summed E-state index contributed by atoms with van der Waals surface area (Å²) < 4.78 is 1.82. The molecule has 5 nitrogen and oxygen atoms in total. The Bertz CT molecular complexity index is 964. The van der Waals surface area contributed by atoms with E-state index < -0.39 is 5.97 Å². The molecule has 0 radical (unpaired) electrons. The fourth-order valence-corrected chi connectivity index (χ4v) is 3.43. The van der Waals surface area contributed by atoms with E-state index in [0.29, 0.717) is 5.02 Å². The molecule has 26 heavy (non-hydrogen) atoms. The molecule has 4 rings (SSSR count). The lowest BCUT2D eigenvalue weighted by Gasteiger charge is -2.09. The number of carboxylic acid groups (broad SMARTS) is 1. The first kappa shape index (κ1) is 16.7. The van der Waals surface area contributed by atoms with Crippen LogP contribution in [0, 0.1) is 0 Å². The molecule has 1 aromatic heterocycles. The van der Waals surface area contributed by atoms with Crippen molar-refractivity contribution in [3.05, 3.63) is 64.7 Å². The van der Waals surface area contributed by atoms with E-state index >= 15 is 0 Å². The van der Waals surface area contributed by atoms with Crippen molar-refractivity contribution >= 4 is 23.4 Å². The summed E-state index contributed by atoms with van der Waals surface area (Å²) in [5, 5.41) is 18.3. The molecule has 2 N–H and O–H groups in total. The molecule has 1 aliphatic heterocycles. The normalized spacial score (nSPS) is 13.6. The van der Waals surface area contributed by atoms with Gasteiger partial charge in [0.15, 0.2) is 0 Å². The SMILES string of the molecule is O=C(O)c1cccc(-n2nc(-c3ccc(Cl)cc3)c3c2NCCCC3)c1. The molecule has 3 aromatic rings. The van der Waals surface area contributed by atoms with Gasteiger partial charge in [-0.3, -0.25) is 0 Å². The first-order chi connectivity index (χ1) is 12.6. The minimum absolute atomic E-state index is 0.244. The third-order valence-corrected chi connectivity index (χ3v) is 4.84. The zero-order valence-corrected chi connectivity index (χ0v) is 14.8. The average Bonchev–Trinajstić information content (AvgIpc) is 2.84. The Hall–Kier alpha value is -2.79. The number of carbonyl (C=O) groups is 1. The van der Waals surface area contributed by atoms with Crippen molar-refractivity contribution in [3.63, 3.8) is 0 Å². The van der Waals surface area contributed by atoms with E-state index in [4.69, 9.17) is 16.7 Å². The number of aromatic nitrogens is 2. The van der Waals surface area contributed by atoms with Crippen LogP contribution in [0.3, 0.4) is 0 Å². The first-order valence-electron chi connectivity index (χ1n) is 8.59. The van der Waals surface area contributed by atoms with Crippen molar-refractivity contribution in [1.29, 1.82) is 0 Å². The summed E-state index contributed by atoms with van der Waals surface area (Å²) >= 11 is 6.02. The maximum Gasteiger partial charge on any atom is 0.335 e. The molecule has 0 saturated heterocycles. The predicted octanol–water partition coefficient (Wildman–Crippen LogP) is 4.64. The van der Waals surface area contributed by atoms with Gasteiger partial charge in [-0.05, 0) is 49.6 Å². The number of anilines is 1. The monoisotopic (exact) mass is 367 g/mol. The highest BCUT2D eigenvalue weighted by molar-refractivity contribution is 6.30. The standard InChI is InChI=1S/C20H18ClN3O2/c21-15-9-7-13(8-10-15)18-17-6-1-2-11-22-19(17)24(23-18)16-5-3-4-14(12-16)20(25)26/h3-5,7-10,12,22H,1-2,6,11H2,(H,25,26). The van der Waals surface area contributed by atoms with Crippen LogP contribution < -0.4 is 5.32 Å². The van der Waals surface area contributed by atoms with Gasteiger partial charge >= 0.3 is 5.97 Å². The van der Waals surface area contributed by atoms with Crippen molar-refractivity contribution in [2.75, 3.05) is 11.9 Å². The predicted molar refractivity (Wildman–Crippen MR) is 102 cm³/mol. The fraction of sp³-hybridized carbons (Fsp3) is 0.200. The summed E-state index contributed by atoms with van der Waals surface area (Å²) in [4.78, 5) is 11.3. The minimum atomic E-state index is -0.948. The molecule has 1 aliphatic rings. The first-order valence-corrected chi connectivity index (χ1v) is 8.97. The highest BCUT2D eigenvalue weighted by atomic mass is 35.5. The largest absolute Gasteiger partial charge is 0.478 e. The Balaban J connectivity index is 1.89. The minimum Gasteiger partial charge on any atom is -0.478 e. The number of rotatable bonds is 3. The van der Waals surface area contributed by atoms with Crippen LogP contribution in [0.4, 0.5) is 5.82 Å². The molecule has 0 saturated carbocycles. The lowest BCUT2D eigenvalue weighted by Crippen LogP contribution is -2.08. The second-order valence-corrected chi connectivity index (χ2v) is 6.77. The van der Waals surface area contributed by atoms with E-state index in [1.54, 1.807) is 18.2 Å². The number of nitrogens with one attached hydrogen (secondary N) is 1. The molecular weight excluding hydrogens is 350 g/mol. The van der Waals surface area contributed by atoms with Gasteiger partial charge < -0.3 is 10.4 Å². The van der Waals surface area contributed by atoms with E-state index in [0.717, 1.165) is 54.1 Å². The summed E-state index contributed by atoms with van der Waals surface area (Å²) in [6, 6.07) is 14.5. The molecule has 0 amide bonds. The van der Waals surface area contributed by atoms with Gasteiger partial charge in [-0.15, -0.1) is 0 Å². The maximum atomic E-state index is 11.3. The maximum absolute atomic E-state index is 11.3. The molecule has 132 valence electrons. The number of halogens is 1. The Kier molecular flexibility index (Phi) is 4.39. The van der Waals surface area contributed by atoms with Crippen molar-refractivity contribution in [1.82, 2.24) is 9.78 Å². The summed E-state index contributed by atoms with van der Waals surface area (Å²) in [6.45, 7) is 0.872. The number of hydrogen-bond acceptors (Lipinski definition) is 3. The molecule has 0 fully saturated rings. The number of benzene rings is 2. The number of aromatic carboxylic acids is 1. The van der Waals surface area contributed by atoms with Gasteiger partial charge in [-0.25, -0.2) is 9.48 Å². The number of hydrogen-bond donors (Lipinski definition) is 2. The van der Waals surface area contributed by atoms with Crippen LogP contribution in [0.25, 0.3) is 16.9 Å². The Morgan fingerprint density at radius 3 is 2.73 bits per heavy atom. The summed E-state index contributed by atoms with van der Waals surface area (Å²) in [6.07, 6.45) is 3.10. The van der Waals surface area contributed by atoms with Gasteiger partial charge in [0.1, 0.15) is 5.82 Å². The third kappa shape index (κ3) is 3.06. The van der Waals surface area contributed by atoms with E-state index in [-0.39, 0.29) is 5.56 Å². The van der Waals surface area contributed by atoms with E-state index in [2.05, 4.69) is 5.32 Å². The molecule has 0 bridgehead atoms. The highest BCUT2D eigenvalue weighted by Crippen LogP contribution is 2.34. The van der Waals surface area contributed by atoms with Crippen molar-refractivity contribution in [2.45, 2.75) is 19.3 Å². The number of fused-ring (bicyclic) bond motifs is 1. The molecule has 2 heterocycles. The Labute approximate surface area is 156 Å². The second-order valence-electron chi connectivity index (χ2n) is 6.33. The molecule has 2 aromatic carbocycles. The van der Waals surface area contributed by atoms with E-state index in [1.807, 2.05) is 35.0 Å². The van der Waals surface area contributed by atoms with Crippen LogP contribution in [0.15, 0.2) is 48.5 Å². The number of nitrogens with zero attached hydrogens (tertiary/aromatic N) is 2. The van der Waals surface area contributed by atoms with Crippen molar-refractivity contribution < 1.29 is 9.90 Å². The summed E-state index contributed by atoms with van der Waals surface area (Å²) in [5.74, 6) is -0.00836. The third-order valence-electron chi connectivity index (χ3n) is 4.58. The smallest absolute Gasteiger partial charge is 0.335 e. The zero-order valence-electron chi connectivity index (χ0n) is 14.1. The van der Waals surface area contributed by atoms with Crippen LogP contribution in [0.1, 0.15) is 28.8 Å². The van der Waals surface area contributed by atoms with Crippen LogP contribution in [0.5, 0.6) is 0 Å². The molecule has 0 unspecified atom stereocenters. The average molecular weight is 368 g/mol. The second kappa shape index (κ2) is 6.84. The van der Waals surface area contributed by atoms with Gasteiger partial charge in [0.25, 0.3) is 0 Å². The molecular formula is C20H18ClN3O2. The van der Waals surface area contributed by atoms with Gasteiger partial charge in [0.05, 0.1) is 16.9 Å². The van der Waals surface area contributed by atoms with Crippen molar-refractivity contribution in [2.24, 2.45) is 0 Å². The van der Waals surface area contributed by atoms with Crippen LogP contribution in [-0.2, 0) is 6.42 Å². The van der Waals surface area contributed by atoms with E-state index in [9.17, 15) is 9.90 Å². The fourth-order valence-electron chi connectivity index (χ4n) is 3.30. The highest BCUT2D eigenvalue weighted by Gasteiger charge is 2.22. The lowest BCUT2D eigenvalue weighted by atomic mass is 10.0. The van der Waals surface area contributed by atoms with Crippen LogP contribution in [0.2, 0.25) is 5.02 Å². The van der Waals surface area contributed by atoms with Crippen molar-refractivity contribution in [3.8, 4) is 16.9 Å². The molecule has 0 aliphatic carbocycles. The summed E-state index contributed by atoms with van der Waals surface area (Å²) in [7, 11) is 0. The van der Waals surface area contributed by atoms with E-state index in [1.165, 1.54) is 0 Å². The van der Waals surface area contributed by atoms with Gasteiger partial charge in [-0.1, -0.05) is 29.8 Å². The lowest BCUT2D eigenvalue weighted by molar-refractivity contribution is 0.0697. The topological polar surface area (TPSA) is 67.1 Å². The summed E-state index contributed by atoms with van der Waals surface area (Å²) in [5.41, 5.74) is 4.05. The number of carboxylic acids is 1. The molecule has 0 spiro atoms. The van der Waals surface area contributed by atoms with Gasteiger partial charge in [-0.2, -0.15) is 5.10 Å². The zero-order chi connectivity index (χ0) is 18.1. The van der Waals surface area contributed by atoms with Gasteiger partial charge in [0.2, 0.25) is 0 Å². The van der Waals surface area contributed by atoms with Crippen LogP contribution in [-0.4, -0.2) is 27.4 Å². The Morgan fingerprint density at radius 2 is 1.96 bits per heavy atom.